The fourth-order valence-corrected chi connectivity index (χ4v) is 3.72. The third-order valence-corrected chi connectivity index (χ3v) is 5.24. The molecule has 2 heterocycles. The van der Waals surface area contributed by atoms with Gasteiger partial charge in [-0.05, 0) is 42.5 Å². The lowest BCUT2D eigenvalue weighted by Crippen LogP contribution is -2.42. The molecule has 1 saturated heterocycles. The quantitative estimate of drug-likeness (QED) is 0.831. The monoisotopic (exact) mass is 379 g/mol. The lowest BCUT2D eigenvalue weighted by Gasteiger charge is -2.32. The van der Waals surface area contributed by atoms with Gasteiger partial charge in [-0.2, -0.15) is 0 Å². The van der Waals surface area contributed by atoms with Gasteiger partial charge < -0.3 is 10.6 Å². The molecule has 0 spiro atoms. The van der Waals surface area contributed by atoms with Gasteiger partial charge in [0.25, 0.3) is 5.91 Å². The van der Waals surface area contributed by atoms with E-state index >= 15 is 0 Å². The van der Waals surface area contributed by atoms with Gasteiger partial charge in [-0.1, -0.05) is 32.0 Å². The van der Waals surface area contributed by atoms with Crippen LogP contribution < -0.4 is 5.73 Å². The summed E-state index contributed by atoms with van der Waals surface area (Å²) in [5.74, 6) is 0.553. The summed E-state index contributed by atoms with van der Waals surface area (Å²) in [6.07, 6.45) is 3.97. The largest absolute Gasteiger partial charge is 0.338 e. The van der Waals surface area contributed by atoms with Crippen molar-refractivity contribution in [1.29, 1.82) is 0 Å². The van der Waals surface area contributed by atoms with Crippen LogP contribution in [-0.2, 0) is 11.3 Å². The Bertz CT molecular complexity index is 830. The van der Waals surface area contributed by atoms with Crippen LogP contribution in [-0.4, -0.2) is 34.7 Å². The van der Waals surface area contributed by atoms with Crippen LogP contribution in [0.25, 0.3) is 11.3 Å². The van der Waals surface area contributed by atoms with Gasteiger partial charge in [0.15, 0.2) is 0 Å². The van der Waals surface area contributed by atoms with Gasteiger partial charge in [-0.15, -0.1) is 0 Å². The van der Waals surface area contributed by atoms with E-state index in [0.29, 0.717) is 37.5 Å². The molecule has 5 heteroatoms. The average Bonchev–Trinajstić information content (AvgIpc) is 2.73. The van der Waals surface area contributed by atoms with Crippen molar-refractivity contribution in [3.05, 3.63) is 53.7 Å². The van der Waals surface area contributed by atoms with Crippen LogP contribution in [0.1, 0.15) is 49.0 Å². The van der Waals surface area contributed by atoms with Crippen molar-refractivity contribution in [2.75, 3.05) is 13.1 Å². The number of likely N-dealkylation sites (tertiary alicyclic amines) is 1. The van der Waals surface area contributed by atoms with E-state index in [1.807, 2.05) is 36.4 Å². The summed E-state index contributed by atoms with van der Waals surface area (Å²) in [7, 11) is 0. The number of carbonyl (C=O) groups excluding carboxylic acids is 2. The molecule has 28 heavy (non-hydrogen) atoms. The summed E-state index contributed by atoms with van der Waals surface area (Å²) in [5.41, 5.74) is 9.12. The third-order valence-electron chi connectivity index (χ3n) is 5.24. The molecule has 1 atom stereocenters. The summed E-state index contributed by atoms with van der Waals surface area (Å²) in [5, 5.41) is 0. The minimum atomic E-state index is -0.0446. The molecule has 148 valence electrons. The van der Waals surface area contributed by atoms with Gasteiger partial charge >= 0.3 is 0 Å². The van der Waals surface area contributed by atoms with E-state index in [4.69, 9.17) is 5.73 Å². The number of pyridine rings is 1. The summed E-state index contributed by atoms with van der Waals surface area (Å²) in [6, 6.07) is 11.6. The Balaban J connectivity index is 1.69. The van der Waals surface area contributed by atoms with E-state index in [9.17, 15) is 9.59 Å². The fourth-order valence-electron chi connectivity index (χ4n) is 3.72. The molecule has 0 radical (unpaired) electrons. The lowest BCUT2D eigenvalue weighted by molar-refractivity contribution is -0.124. The second kappa shape index (κ2) is 9.11. The molecule has 5 nitrogen and oxygen atoms in total. The molecule has 2 aromatic rings. The summed E-state index contributed by atoms with van der Waals surface area (Å²) >= 11 is 0. The minimum Gasteiger partial charge on any atom is -0.338 e. The number of hydrogen-bond acceptors (Lipinski definition) is 4. The molecule has 1 aliphatic heterocycles. The Kier molecular flexibility index (Phi) is 6.57. The first-order chi connectivity index (χ1) is 13.5. The number of Topliss-reactive ketones (excluding diaryl/α,β-unsaturated/α-hetero) is 1. The average molecular weight is 380 g/mol. The van der Waals surface area contributed by atoms with E-state index < -0.39 is 0 Å². The molecular weight excluding hydrogens is 350 g/mol. The van der Waals surface area contributed by atoms with Crippen LogP contribution in [0.4, 0.5) is 0 Å². The number of piperidine rings is 1. The number of ketones is 1. The molecule has 1 amide bonds. The molecule has 1 fully saturated rings. The molecule has 1 aromatic carbocycles. The number of rotatable bonds is 6. The standard InChI is InChI=1S/C23H29N3O2/c1-16(2)11-22(27)20-7-4-10-26(15-20)23(28)19-8-9-21(25-14-19)18-6-3-5-17(12-18)13-24/h3,5-6,8-9,12,14,16,20H,4,7,10-11,13,15,24H2,1-2H3. The van der Waals surface area contributed by atoms with Crippen LogP contribution in [0.2, 0.25) is 0 Å². The van der Waals surface area contributed by atoms with Crippen molar-refractivity contribution in [2.24, 2.45) is 17.6 Å². The second-order valence-electron chi connectivity index (χ2n) is 7.99. The molecule has 1 aliphatic rings. The van der Waals surface area contributed by atoms with Crippen LogP contribution in [0.3, 0.4) is 0 Å². The van der Waals surface area contributed by atoms with Gasteiger partial charge in [0.2, 0.25) is 0 Å². The highest BCUT2D eigenvalue weighted by Gasteiger charge is 2.29. The number of carbonyl (C=O) groups is 2. The van der Waals surface area contributed by atoms with E-state index in [-0.39, 0.29) is 17.6 Å². The third kappa shape index (κ3) is 4.84. The summed E-state index contributed by atoms with van der Waals surface area (Å²) in [6.45, 7) is 5.81. The summed E-state index contributed by atoms with van der Waals surface area (Å²) < 4.78 is 0. The van der Waals surface area contributed by atoms with Crippen molar-refractivity contribution in [3.63, 3.8) is 0 Å². The van der Waals surface area contributed by atoms with Crippen molar-refractivity contribution in [3.8, 4) is 11.3 Å². The number of hydrogen-bond donors (Lipinski definition) is 1. The molecule has 1 aromatic heterocycles. The Morgan fingerprint density at radius 1 is 1.25 bits per heavy atom. The van der Waals surface area contributed by atoms with Gasteiger partial charge in [0, 0.05) is 43.7 Å². The predicted molar refractivity (Wildman–Crippen MR) is 111 cm³/mol. The normalized spacial score (nSPS) is 17.0. The minimum absolute atomic E-state index is 0.0358. The summed E-state index contributed by atoms with van der Waals surface area (Å²) in [4.78, 5) is 31.6. The maximum absolute atomic E-state index is 12.9. The Hall–Kier alpha value is -2.53. The van der Waals surface area contributed by atoms with Crippen LogP contribution in [0.15, 0.2) is 42.6 Å². The first kappa shape index (κ1) is 20.2. The van der Waals surface area contributed by atoms with Crippen LogP contribution in [0.5, 0.6) is 0 Å². The zero-order valence-electron chi connectivity index (χ0n) is 16.7. The smallest absolute Gasteiger partial charge is 0.255 e. The van der Waals surface area contributed by atoms with Crippen molar-refractivity contribution in [1.82, 2.24) is 9.88 Å². The molecule has 3 rings (SSSR count). The number of nitrogens with two attached hydrogens (primary N) is 1. The Morgan fingerprint density at radius 2 is 2.07 bits per heavy atom. The molecule has 2 N–H and O–H groups in total. The molecule has 0 saturated carbocycles. The van der Waals surface area contributed by atoms with Gasteiger partial charge in [-0.25, -0.2) is 0 Å². The van der Waals surface area contributed by atoms with Crippen LogP contribution in [0, 0.1) is 11.8 Å². The van der Waals surface area contributed by atoms with Crippen molar-refractivity contribution < 1.29 is 9.59 Å². The SMILES string of the molecule is CC(C)CC(=O)C1CCCN(C(=O)c2ccc(-c3cccc(CN)c3)nc2)C1. The highest BCUT2D eigenvalue weighted by Crippen LogP contribution is 2.23. The van der Waals surface area contributed by atoms with E-state index in [0.717, 1.165) is 29.7 Å². The number of amides is 1. The maximum Gasteiger partial charge on any atom is 0.255 e. The zero-order chi connectivity index (χ0) is 20.1. The van der Waals surface area contributed by atoms with E-state index in [1.165, 1.54) is 0 Å². The van der Waals surface area contributed by atoms with E-state index in [2.05, 4.69) is 18.8 Å². The van der Waals surface area contributed by atoms with Crippen molar-refractivity contribution in [2.45, 2.75) is 39.7 Å². The second-order valence-corrected chi connectivity index (χ2v) is 7.99. The van der Waals surface area contributed by atoms with Crippen LogP contribution >= 0.6 is 0 Å². The maximum atomic E-state index is 12.9. The Labute approximate surface area is 167 Å². The number of aromatic nitrogens is 1. The molecule has 1 unspecified atom stereocenters. The van der Waals surface area contributed by atoms with Gasteiger partial charge in [-0.3, -0.25) is 14.6 Å². The first-order valence-corrected chi connectivity index (χ1v) is 10.1. The Morgan fingerprint density at radius 3 is 2.75 bits per heavy atom. The highest BCUT2D eigenvalue weighted by molar-refractivity contribution is 5.94. The number of benzene rings is 1. The van der Waals surface area contributed by atoms with Gasteiger partial charge in [0.05, 0.1) is 11.3 Å². The van der Waals surface area contributed by atoms with Crippen molar-refractivity contribution >= 4 is 11.7 Å². The zero-order valence-corrected chi connectivity index (χ0v) is 16.7. The topological polar surface area (TPSA) is 76.3 Å². The molecular formula is C23H29N3O2. The molecule has 0 bridgehead atoms. The fraction of sp³-hybridized carbons (Fsp3) is 0.435. The predicted octanol–water partition coefficient (Wildman–Crippen LogP) is 3.67. The van der Waals surface area contributed by atoms with Gasteiger partial charge in [0.1, 0.15) is 5.78 Å². The lowest BCUT2D eigenvalue weighted by atomic mass is 9.89. The molecule has 0 aliphatic carbocycles. The van der Waals surface area contributed by atoms with E-state index in [1.54, 1.807) is 11.1 Å². The first-order valence-electron chi connectivity index (χ1n) is 10.1. The highest BCUT2D eigenvalue weighted by atomic mass is 16.2. The number of nitrogens with zero attached hydrogens (tertiary/aromatic N) is 2.